The first-order chi connectivity index (χ1) is 7.89. The Bertz CT molecular complexity index is 404. The third-order valence-electron chi connectivity index (χ3n) is 3.64. The Morgan fingerprint density at radius 2 is 1.94 bits per heavy atom. The van der Waals surface area contributed by atoms with Crippen molar-refractivity contribution in [3.8, 4) is 0 Å². The van der Waals surface area contributed by atoms with Crippen LogP contribution in [0.25, 0.3) is 0 Å². The number of hydrogen-bond donors (Lipinski definition) is 0. The Balaban J connectivity index is 2.44. The van der Waals surface area contributed by atoms with Crippen LogP contribution in [0.15, 0.2) is 18.2 Å². The summed E-state index contributed by atoms with van der Waals surface area (Å²) in [5, 5.41) is 0. The van der Waals surface area contributed by atoms with E-state index in [2.05, 4.69) is 13.8 Å². The fourth-order valence-electron chi connectivity index (χ4n) is 2.70. The van der Waals surface area contributed by atoms with Crippen LogP contribution >= 0.6 is 0 Å². The molecule has 1 aliphatic carbocycles. The molecule has 1 atom stereocenters. The molecule has 2 rings (SSSR count). The standard InChI is InChI=1S/C14H17F3/c1-9(2)12-5-3-4-10-6-7-11(8-13(10)12)14(15,16)17/h6-9,12H,3-5H2,1-2H3. The van der Waals surface area contributed by atoms with Crippen LogP contribution in [-0.4, -0.2) is 0 Å². The normalized spacial score (nSPS) is 20.5. The second kappa shape index (κ2) is 4.35. The average Bonchev–Trinajstić information content (AvgIpc) is 2.26. The van der Waals surface area contributed by atoms with Crippen molar-refractivity contribution in [3.05, 3.63) is 34.9 Å². The second-order valence-electron chi connectivity index (χ2n) is 5.15. The summed E-state index contributed by atoms with van der Waals surface area (Å²) >= 11 is 0. The lowest BCUT2D eigenvalue weighted by Crippen LogP contribution is -2.16. The number of hydrogen-bond acceptors (Lipinski definition) is 0. The third-order valence-corrected chi connectivity index (χ3v) is 3.64. The van der Waals surface area contributed by atoms with Crippen molar-refractivity contribution >= 4 is 0 Å². The van der Waals surface area contributed by atoms with E-state index in [-0.39, 0.29) is 5.92 Å². The molecule has 94 valence electrons. The Hall–Kier alpha value is -0.990. The van der Waals surface area contributed by atoms with E-state index in [1.165, 1.54) is 12.1 Å². The lowest BCUT2D eigenvalue weighted by Gasteiger charge is -2.29. The van der Waals surface area contributed by atoms with E-state index in [1.54, 1.807) is 6.07 Å². The summed E-state index contributed by atoms with van der Waals surface area (Å²) in [7, 11) is 0. The van der Waals surface area contributed by atoms with E-state index < -0.39 is 11.7 Å². The Morgan fingerprint density at radius 3 is 2.53 bits per heavy atom. The molecule has 0 aromatic heterocycles. The van der Waals surface area contributed by atoms with Gasteiger partial charge in [0.05, 0.1) is 5.56 Å². The molecule has 0 bridgehead atoms. The molecule has 1 unspecified atom stereocenters. The Labute approximate surface area is 99.8 Å². The first kappa shape index (κ1) is 12.5. The largest absolute Gasteiger partial charge is 0.416 e. The van der Waals surface area contributed by atoms with Gasteiger partial charge in [-0.2, -0.15) is 13.2 Å². The Kier molecular flexibility index (Phi) is 3.19. The molecule has 17 heavy (non-hydrogen) atoms. The third kappa shape index (κ3) is 2.48. The molecular weight excluding hydrogens is 225 g/mol. The zero-order valence-electron chi connectivity index (χ0n) is 10.1. The van der Waals surface area contributed by atoms with E-state index in [1.807, 2.05) is 0 Å². The number of fused-ring (bicyclic) bond motifs is 1. The number of alkyl halides is 3. The van der Waals surface area contributed by atoms with Crippen molar-refractivity contribution in [2.45, 2.75) is 45.2 Å². The summed E-state index contributed by atoms with van der Waals surface area (Å²) in [6.45, 7) is 4.17. The van der Waals surface area contributed by atoms with Gasteiger partial charge in [-0.05, 0) is 54.4 Å². The molecule has 0 radical (unpaired) electrons. The lowest BCUT2D eigenvalue weighted by atomic mass is 9.76. The van der Waals surface area contributed by atoms with Gasteiger partial charge in [0.25, 0.3) is 0 Å². The van der Waals surface area contributed by atoms with Crippen molar-refractivity contribution in [3.63, 3.8) is 0 Å². The molecule has 1 aromatic carbocycles. The summed E-state index contributed by atoms with van der Waals surface area (Å²) in [5.74, 6) is 0.679. The molecule has 0 saturated carbocycles. The van der Waals surface area contributed by atoms with Crippen LogP contribution in [-0.2, 0) is 12.6 Å². The van der Waals surface area contributed by atoms with Crippen LogP contribution in [0.4, 0.5) is 13.2 Å². The van der Waals surface area contributed by atoms with Crippen molar-refractivity contribution < 1.29 is 13.2 Å². The summed E-state index contributed by atoms with van der Waals surface area (Å²) < 4.78 is 38.1. The SMILES string of the molecule is CC(C)C1CCCc2ccc(C(F)(F)F)cc21. The predicted molar refractivity (Wildman–Crippen MR) is 62.0 cm³/mol. The van der Waals surface area contributed by atoms with Gasteiger partial charge < -0.3 is 0 Å². The summed E-state index contributed by atoms with van der Waals surface area (Å²) in [4.78, 5) is 0. The zero-order valence-corrected chi connectivity index (χ0v) is 10.1. The summed E-state index contributed by atoms with van der Waals surface area (Å²) in [6.07, 6.45) is -1.22. The van der Waals surface area contributed by atoms with Gasteiger partial charge in [-0.3, -0.25) is 0 Å². The van der Waals surface area contributed by atoms with Crippen LogP contribution in [0.1, 0.15) is 49.3 Å². The van der Waals surface area contributed by atoms with E-state index >= 15 is 0 Å². The predicted octanol–water partition coefficient (Wildman–Crippen LogP) is 4.78. The zero-order chi connectivity index (χ0) is 12.6. The van der Waals surface area contributed by atoms with Crippen LogP contribution in [0.5, 0.6) is 0 Å². The molecule has 0 heterocycles. The van der Waals surface area contributed by atoms with Crippen LogP contribution in [0.3, 0.4) is 0 Å². The van der Waals surface area contributed by atoms with Gasteiger partial charge in [-0.1, -0.05) is 19.9 Å². The molecule has 0 amide bonds. The molecule has 0 saturated heterocycles. The van der Waals surface area contributed by atoms with E-state index in [4.69, 9.17) is 0 Å². The van der Waals surface area contributed by atoms with Crippen molar-refractivity contribution in [1.82, 2.24) is 0 Å². The Morgan fingerprint density at radius 1 is 1.24 bits per heavy atom. The molecule has 1 aliphatic rings. The first-order valence-electron chi connectivity index (χ1n) is 6.09. The van der Waals surface area contributed by atoms with Crippen molar-refractivity contribution in [2.24, 2.45) is 5.92 Å². The minimum atomic E-state index is -4.23. The first-order valence-corrected chi connectivity index (χ1v) is 6.09. The van der Waals surface area contributed by atoms with E-state index in [0.717, 1.165) is 30.4 Å². The van der Waals surface area contributed by atoms with Gasteiger partial charge in [0, 0.05) is 0 Å². The highest BCUT2D eigenvalue weighted by atomic mass is 19.4. The fraction of sp³-hybridized carbons (Fsp3) is 0.571. The number of rotatable bonds is 1. The highest BCUT2D eigenvalue weighted by molar-refractivity contribution is 5.37. The maximum atomic E-state index is 12.7. The monoisotopic (exact) mass is 242 g/mol. The highest BCUT2D eigenvalue weighted by Gasteiger charge is 2.32. The number of benzene rings is 1. The van der Waals surface area contributed by atoms with Gasteiger partial charge in [-0.15, -0.1) is 0 Å². The van der Waals surface area contributed by atoms with Gasteiger partial charge in [0.1, 0.15) is 0 Å². The topological polar surface area (TPSA) is 0 Å². The van der Waals surface area contributed by atoms with Crippen LogP contribution in [0.2, 0.25) is 0 Å². The van der Waals surface area contributed by atoms with Crippen LogP contribution in [0, 0.1) is 5.92 Å². The van der Waals surface area contributed by atoms with Gasteiger partial charge in [-0.25, -0.2) is 0 Å². The lowest BCUT2D eigenvalue weighted by molar-refractivity contribution is -0.137. The number of aryl methyl sites for hydroxylation is 1. The molecule has 0 fully saturated rings. The summed E-state index contributed by atoms with van der Waals surface area (Å²) in [6, 6.07) is 4.23. The fourth-order valence-corrected chi connectivity index (χ4v) is 2.70. The summed E-state index contributed by atoms with van der Waals surface area (Å²) in [5.41, 5.74) is 1.51. The minimum Gasteiger partial charge on any atom is -0.166 e. The second-order valence-corrected chi connectivity index (χ2v) is 5.15. The highest BCUT2D eigenvalue weighted by Crippen LogP contribution is 2.39. The number of halogens is 3. The molecule has 0 aliphatic heterocycles. The van der Waals surface area contributed by atoms with Gasteiger partial charge >= 0.3 is 6.18 Å². The van der Waals surface area contributed by atoms with Gasteiger partial charge in [0.2, 0.25) is 0 Å². The minimum absolute atomic E-state index is 0.279. The average molecular weight is 242 g/mol. The van der Waals surface area contributed by atoms with E-state index in [0.29, 0.717) is 5.92 Å². The van der Waals surface area contributed by atoms with E-state index in [9.17, 15) is 13.2 Å². The molecule has 0 spiro atoms. The molecule has 0 N–H and O–H groups in total. The maximum Gasteiger partial charge on any atom is 0.416 e. The van der Waals surface area contributed by atoms with Gasteiger partial charge in [0.15, 0.2) is 0 Å². The molecule has 1 aromatic rings. The van der Waals surface area contributed by atoms with Crippen molar-refractivity contribution in [1.29, 1.82) is 0 Å². The van der Waals surface area contributed by atoms with Crippen molar-refractivity contribution in [2.75, 3.05) is 0 Å². The quantitative estimate of drug-likeness (QED) is 0.664. The smallest absolute Gasteiger partial charge is 0.166 e. The van der Waals surface area contributed by atoms with Crippen LogP contribution < -0.4 is 0 Å². The molecule has 3 heteroatoms. The molecular formula is C14H17F3. The maximum absolute atomic E-state index is 12.7. The molecule has 0 nitrogen and oxygen atoms in total.